The number of aromatic nitrogens is 4. The molecule has 1 aromatic carbocycles. The fourth-order valence-corrected chi connectivity index (χ4v) is 3.50. The number of aliphatic hydroxyl groups excluding tert-OH is 2. The lowest BCUT2D eigenvalue weighted by Crippen LogP contribution is -2.36. The summed E-state index contributed by atoms with van der Waals surface area (Å²) in [4.78, 5) is 12.3. The number of anilines is 1. The third-order valence-corrected chi connectivity index (χ3v) is 4.78. The Bertz CT molecular complexity index is 948. The first-order valence-electron chi connectivity index (χ1n) is 9.12. The van der Waals surface area contributed by atoms with Crippen LogP contribution in [0, 0.1) is 0 Å². The zero-order chi connectivity index (χ0) is 19.8. The van der Waals surface area contributed by atoms with Gasteiger partial charge in [0.25, 0.3) is 0 Å². The first-order chi connectivity index (χ1) is 13.5. The van der Waals surface area contributed by atoms with Crippen LogP contribution in [0.2, 0.25) is 0 Å². The van der Waals surface area contributed by atoms with Crippen LogP contribution in [0.25, 0.3) is 11.2 Å². The number of imidazole rings is 1. The van der Waals surface area contributed by atoms with Crippen molar-refractivity contribution in [3.8, 4) is 0 Å². The summed E-state index contributed by atoms with van der Waals surface area (Å²) in [7, 11) is 0. The van der Waals surface area contributed by atoms with E-state index >= 15 is 0 Å². The topological polar surface area (TPSA) is 129 Å². The van der Waals surface area contributed by atoms with Gasteiger partial charge in [-0.3, -0.25) is 4.57 Å². The fourth-order valence-electron chi connectivity index (χ4n) is 3.50. The molecule has 1 aliphatic heterocycles. The van der Waals surface area contributed by atoms with Crippen molar-refractivity contribution in [1.29, 1.82) is 0 Å². The summed E-state index contributed by atoms with van der Waals surface area (Å²) in [6, 6.07) is 9.50. The maximum atomic E-state index is 10.8. The van der Waals surface area contributed by atoms with Gasteiger partial charge in [0.15, 0.2) is 17.7 Å². The van der Waals surface area contributed by atoms with E-state index in [9.17, 15) is 10.2 Å². The van der Waals surface area contributed by atoms with Crippen molar-refractivity contribution in [3.05, 3.63) is 48.5 Å². The molecule has 4 N–H and O–H groups in total. The number of rotatable bonds is 5. The van der Waals surface area contributed by atoms with Crippen LogP contribution in [-0.2, 0) is 9.47 Å². The van der Waals surface area contributed by atoms with Crippen molar-refractivity contribution in [1.82, 2.24) is 19.5 Å². The molecule has 3 heterocycles. The van der Waals surface area contributed by atoms with Crippen LogP contribution >= 0.6 is 0 Å². The van der Waals surface area contributed by atoms with Crippen molar-refractivity contribution < 1.29 is 19.7 Å². The average Bonchev–Trinajstić information content (AvgIpc) is 3.23. The number of ether oxygens (including phenoxy) is 2. The normalized spacial score (nSPS) is 26.2. The maximum absolute atomic E-state index is 10.8. The highest BCUT2D eigenvalue weighted by atomic mass is 16.6. The minimum absolute atomic E-state index is 0.0983. The Balaban J connectivity index is 1.69. The number of aliphatic hydroxyl groups is 2. The first kappa shape index (κ1) is 18.8. The molecule has 28 heavy (non-hydrogen) atoms. The number of nitrogens with two attached hydrogens (primary N) is 1. The van der Waals surface area contributed by atoms with Crippen LogP contribution in [0.4, 0.5) is 5.82 Å². The quantitative estimate of drug-likeness (QED) is 0.597. The molecule has 0 aliphatic carbocycles. The van der Waals surface area contributed by atoms with Gasteiger partial charge in [-0.15, -0.1) is 0 Å². The molecule has 0 amide bonds. The van der Waals surface area contributed by atoms with Gasteiger partial charge in [0.05, 0.1) is 12.4 Å². The number of fused-ring (bicyclic) bond motifs is 1. The van der Waals surface area contributed by atoms with E-state index in [1.807, 2.05) is 44.2 Å². The molecule has 1 saturated heterocycles. The van der Waals surface area contributed by atoms with Crippen LogP contribution in [0.3, 0.4) is 0 Å². The molecule has 148 valence electrons. The number of hydrogen-bond acceptors (Lipinski definition) is 8. The molecular weight excluding hydrogens is 362 g/mol. The Morgan fingerprint density at radius 1 is 1.11 bits per heavy atom. The van der Waals surface area contributed by atoms with Gasteiger partial charge in [-0.1, -0.05) is 30.3 Å². The first-order valence-corrected chi connectivity index (χ1v) is 9.12. The van der Waals surface area contributed by atoms with Crippen LogP contribution in [-0.4, -0.2) is 54.1 Å². The van der Waals surface area contributed by atoms with Crippen LogP contribution in [0.1, 0.15) is 31.7 Å². The minimum Gasteiger partial charge on any atom is -0.387 e. The Morgan fingerprint density at radius 2 is 1.86 bits per heavy atom. The predicted molar refractivity (Wildman–Crippen MR) is 101 cm³/mol. The van der Waals surface area contributed by atoms with E-state index in [4.69, 9.17) is 15.2 Å². The van der Waals surface area contributed by atoms with Gasteiger partial charge in [0, 0.05) is 0 Å². The van der Waals surface area contributed by atoms with Gasteiger partial charge in [-0.05, 0) is 19.4 Å². The van der Waals surface area contributed by atoms with Crippen molar-refractivity contribution in [2.45, 2.75) is 50.6 Å². The Labute approximate surface area is 161 Å². The summed E-state index contributed by atoms with van der Waals surface area (Å²) in [6.07, 6.45) is -1.88. The summed E-state index contributed by atoms with van der Waals surface area (Å²) in [5.74, 6) is 0.235. The minimum atomic E-state index is -1.19. The third kappa shape index (κ3) is 3.22. The second kappa shape index (κ2) is 7.44. The number of benzene rings is 1. The van der Waals surface area contributed by atoms with Crippen molar-refractivity contribution >= 4 is 17.0 Å². The number of nitrogens with zero attached hydrogens (tertiary/aromatic N) is 4. The summed E-state index contributed by atoms with van der Waals surface area (Å²) in [6.45, 7) is 3.82. The molecule has 0 radical (unpaired) electrons. The zero-order valence-electron chi connectivity index (χ0n) is 15.6. The van der Waals surface area contributed by atoms with Gasteiger partial charge in [0.2, 0.25) is 0 Å². The molecule has 3 aromatic rings. The average molecular weight is 385 g/mol. The Morgan fingerprint density at radius 3 is 2.57 bits per heavy atom. The standard InChI is InChI=1S/C19H23N5O4/c1-10(2)27-15(11-6-4-3-5-7-11)16-13(25)14(26)19(28-16)24-9-23-12-17(20)21-8-22-18(12)24/h3-10,13-16,19,25-26H,1-2H3,(H2,20,21,22)/t13-,14+,15?,16-,19+/m0/s1. The molecule has 0 spiro atoms. The van der Waals surface area contributed by atoms with E-state index in [1.54, 1.807) is 4.57 Å². The van der Waals surface area contributed by atoms with Crippen LogP contribution in [0.5, 0.6) is 0 Å². The molecule has 1 aliphatic rings. The van der Waals surface area contributed by atoms with Crippen LogP contribution in [0.15, 0.2) is 43.0 Å². The highest BCUT2D eigenvalue weighted by molar-refractivity contribution is 5.81. The monoisotopic (exact) mass is 385 g/mol. The third-order valence-electron chi connectivity index (χ3n) is 4.78. The van der Waals surface area contributed by atoms with E-state index in [0.717, 1.165) is 5.56 Å². The molecule has 4 rings (SSSR count). The van der Waals surface area contributed by atoms with Crippen molar-refractivity contribution in [2.75, 3.05) is 5.73 Å². The molecule has 0 bridgehead atoms. The van der Waals surface area contributed by atoms with E-state index in [0.29, 0.717) is 11.2 Å². The summed E-state index contributed by atoms with van der Waals surface area (Å²) < 4.78 is 13.7. The molecule has 1 fully saturated rings. The SMILES string of the molecule is CC(C)OC(c1ccccc1)[C@H]1O[C@@H](n2cnc3c(N)ncnc32)[C@H](O)[C@@H]1O. The summed E-state index contributed by atoms with van der Waals surface area (Å²) >= 11 is 0. The Hall–Kier alpha value is -2.59. The van der Waals surface area contributed by atoms with Crippen molar-refractivity contribution in [2.24, 2.45) is 0 Å². The van der Waals surface area contributed by atoms with Gasteiger partial charge in [-0.2, -0.15) is 0 Å². The second-order valence-electron chi connectivity index (χ2n) is 7.07. The van der Waals surface area contributed by atoms with Gasteiger partial charge < -0.3 is 25.4 Å². The highest BCUT2D eigenvalue weighted by Crippen LogP contribution is 2.39. The molecule has 5 atom stereocenters. The molecule has 9 heteroatoms. The Kier molecular flexibility index (Phi) is 4.98. The maximum Gasteiger partial charge on any atom is 0.167 e. The van der Waals surface area contributed by atoms with E-state index in [1.165, 1.54) is 12.7 Å². The van der Waals surface area contributed by atoms with E-state index < -0.39 is 30.6 Å². The lowest BCUT2D eigenvalue weighted by atomic mass is 9.99. The second-order valence-corrected chi connectivity index (χ2v) is 7.07. The molecule has 2 aromatic heterocycles. The number of hydrogen-bond donors (Lipinski definition) is 3. The van der Waals surface area contributed by atoms with E-state index in [-0.39, 0.29) is 11.9 Å². The van der Waals surface area contributed by atoms with Gasteiger partial charge in [0.1, 0.15) is 36.3 Å². The molecular formula is C19H23N5O4. The van der Waals surface area contributed by atoms with Crippen LogP contribution < -0.4 is 5.73 Å². The fraction of sp³-hybridized carbons (Fsp3) is 0.421. The summed E-state index contributed by atoms with van der Waals surface area (Å²) in [5.41, 5.74) is 7.53. The lowest BCUT2D eigenvalue weighted by molar-refractivity contribution is -0.124. The predicted octanol–water partition coefficient (Wildman–Crippen LogP) is 1.19. The van der Waals surface area contributed by atoms with Crippen molar-refractivity contribution in [3.63, 3.8) is 0 Å². The van der Waals surface area contributed by atoms with Gasteiger partial charge in [-0.25, -0.2) is 15.0 Å². The zero-order valence-corrected chi connectivity index (χ0v) is 15.6. The smallest absolute Gasteiger partial charge is 0.167 e. The molecule has 1 unspecified atom stereocenters. The van der Waals surface area contributed by atoms with Gasteiger partial charge >= 0.3 is 0 Å². The molecule has 0 saturated carbocycles. The van der Waals surface area contributed by atoms with E-state index in [2.05, 4.69) is 15.0 Å². The largest absolute Gasteiger partial charge is 0.387 e. The summed E-state index contributed by atoms with van der Waals surface area (Å²) in [5, 5.41) is 21.5. The lowest BCUT2D eigenvalue weighted by Gasteiger charge is -2.28. The highest BCUT2D eigenvalue weighted by Gasteiger charge is 2.48. The number of nitrogen functional groups attached to an aromatic ring is 1. The molecule has 9 nitrogen and oxygen atoms in total.